The van der Waals surface area contributed by atoms with Gasteiger partial charge in [0.05, 0.1) is 48.4 Å². The maximum Gasteiger partial charge on any atom is 0.305 e. The molecule has 2 aliphatic rings. The lowest BCUT2D eigenvalue weighted by atomic mass is 9.87. The molecule has 0 aromatic heterocycles. The fourth-order valence-electron chi connectivity index (χ4n) is 4.63. The number of carbonyl (C=O) groups excluding carboxylic acids is 1. The number of hydrogen-bond acceptors (Lipinski definition) is 8. The van der Waals surface area contributed by atoms with Gasteiger partial charge in [-0.25, -0.2) is 0 Å². The summed E-state index contributed by atoms with van der Waals surface area (Å²) >= 11 is 5.95. The molecule has 2 N–H and O–H groups in total. The van der Waals surface area contributed by atoms with Crippen LogP contribution in [0.4, 0.5) is 0 Å². The highest BCUT2D eigenvalue weighted by Crippen LogP contribution is 2.33. The third-order valence-electron chi connectivity index (χ3n) is 6.62. The highest BCUT2D eigenvalue weighted by atomic mass is 35.5. The monoisotopic (exact) mass is 540 g/mol. The predicted molar refractivity (Wildman–Crippen MR) is 140 cm³/mol. The molecule has 0 aliphatic carbocycles. The number of carboxylic acid groups (broad SMARTS) is 1. The van der Waals surface area contributed by atoms with Crippen LogP contribution < -0.4 is 0 Å². The lowest BCUT2D eigenvalue weighted by molar-refractivity contribution is -0.150. The Morgan fingerprint density at radius 2 is 1.97 bits per heavy atom. The normalized spacial score (nSPS) is 34.3. The summed E-state index contributed by atoms with van der Waals surface area (Å²) in [6, 6.07) is -0.0483. The van der Waals surface area contributed by atoms with Crippen LogP contribution in [0, 0.1) is 5.92 Å². The highest BCUT2D eigenvalue weighted by molar-refractivity contribution is 6.18. The molecule has 2 rings (SSSR count). The largest absolute Gasteiger partial charge is 0.481 e. The van der Waals surface area contributed by atoms with Crippen molar-refractivity contribution in [2.45, 2.75) is 109 Å². The van der Waals surface area contributed by atoms with Crippen LogP contribution in [0.1, 0.15) is 66.7 Å². The molecule has 0 amide bonds. The van der Waals surface area contributed by atoms with Crippen molar-refractivity contribution >= 4 is 23.5 Å². The van der Waals surface area contributed by atoms with Gasteiger partial charge in [-0.15, -0.1) is 11.6 Å². The minimum Gasteiger partial charge on any atom is -0.481 e. The van der Waals surface area contributed by atoms with Crippen molar-refractivity contribution in [3.63, 3.8) is 0 Å². The minimum absolute atomic E-state index is 0.0327. The molecule has 0 aromatic carbocycles. The second-order valence-corrected chi connectivity index (χ2v) is 10.5. The summed E-state index contributed by atoms with van der Waals surface area (Å²) in [6.07, 6.45) is 9.70. The molecule has 0 aromatic rings. The molecule has 0 radical (unpaired) electrons. The van der Waals surface area contributed by atoms with Crippen LogP contribution in [0.15, 0.2) is 46.3 Å². The van der Waals surface area contributed by atoms with Crippen LogP contribution in [0.25, 0.3) is 0 Å². The topological polar surface area (TPSA) is 127 Å². The summed E-state index contributed by atoms with van der Waals surface area (Å²) in [5.74, 6) is -0.986. The molecular formula is C27H41ClN2O7. The number of nitrogens with zero attached hydrogens (tertiary/aromatic N) is 2. The van der Waals surface area contributed by atoms with Gasteiger partial charge in [-0.3, -0.25) is 9.59 Å². The van der Waals surface area contributed by atoms with E-state index >= 15 is 0 Å². The van der Waals surface area contributed by atoms with Gasteiger partial charge in [0, 0.05) is 26.0 Å². The Morgan fingerprint density at radius 1 is 1.24 bits per heavy atom. The Labute approximate surface area is 224 Å². The maximum absolute atomic E-state index is 11.1. The number of carbonyl (C=O) groups is 2. The zero-order valence-corrected chi connectivity index (χ0v) is 23.1. The van der Waals surface area contributed by atoms with Gasteiger partial charge in [-0.05, 0) is 45.6 Å². The van der Waals surface area contributed by atoms with Gasteiger partial charge >= 0.3 is 11.9 Å². The molecule has 10 heteroatoms. The first-order valence-electron chi connectivity index (χ1n) is 12.8. The van der Waals surface area contributed by atoms with Crippen molar-refractivity contribution < 1.29 is 34.0 Å². The Balaban J connectivity index is 1.88. The molecule has 2 saturated heterocycles. The van der Waals surface area contributed by atoms with Crippen LogP contribution in [0.5, 0.6) is 0 Å². The van der Waals surface area contributed by atoms with Gasteiger partial charge < -0.3 is 24.4 Å². The lowest BCUT2D eigenvalue weighted by Crippen LogP contribution is -2.46. The van der Waals surface area contributed by atoms with Gasteiger partial charge in [-0.1, -0.05) is 30.7 Å². The molecule has 0 spiro atoms. The summed E-state index contributed by atoms with van der Waals surface area (Å²) < 4.78 is 17.1. The first-order valence-corrected chi connectivity index (χ1v) is 13.3. The van der Waals surface area contributed by atoms with Crippen LogP contribution in [-0.4, -0.2) is 70.2 Å². The molecule has 0 saturated carbocycles. The van der Waals surface area contributed by atoms with Gasteiger partial charge in [-0.2, -0.15) is 10.2 Å². The zero-order valence-electron chi connectivity index (χ0n) is 22.4. The van der Waals surface area contributed by atoms with Crippen molar-refractivity contribution in [2.24, 2.45) is 16.1 Å². The van der Waals surface area contributed by atoms with E-state index in [1.807, 2.05) is 26.0 Å². The maximum atomic E-state index is 11.1. The van der Waals surface area contributed by atoms with E-state index in [1.165, 1.54) is 6.92 Å². The van der Waals surface area contributed by atoms with Gasteiger partial charge in [0.25, 0.3) is 0 Å². The third-order valence-corrected chi connectivity index (χ3v) is 7.12. The first-order chi connectivity index (χ1) is 17.4. The SMILES string of the molecule is CC(=O)O[C@@H](C)/C=C\N=N[C@@H]1C[C@H](C)[C@H](C/C=C(C)/C=C/C2CC(O)(CCl)CC(CC(=O)O)O2)O[C@@H]1C. The Kier molecular flexibility index (Phi) is 12.4. The minimum atomic E-state index is -1.14. The van der Waals surface area contributed by atoms with Crippen LogP contribution in [0.2, 0.25) is 0 Å². The van der Waals surface area contributed by atoms with Gasteiger partial charge in [0.1, 0.15) is 6.10 Å². The number of azo groups is 1. The van der Waals surface area contributed by atoms with E-state index in [9.17, 15) is 14.7 Å². The number of rotatable bonds is 11. The summed E-state index contributed by atoms with van der Waals surface area (Å²) in [5.41, 5.74) is -0.117. The van der Waals surface area contributed by atoms with E-state index in [2.05, 4.69) is 23.2 Å². The number of esters is 1. The summed E-state index contributed by atoms with van der Waals surface area (Å²) in [6.45, 7) is 9.25. The average molecular weight is 541 g/mol. The third kappa shape index (κ3) is 11.1. The fraction of sp³-hybridized carbons (Fsp3) is 0.704. The van der Waals surface area contributed by atoms with Crippen molar-refractivity contribution in [3.8, 4) is 0 Å². The summed E-state index contributed by atoms with van der Waals surface area (Å²) in [7, 11) is 0. The van der Waals surface area contributed by atoms with E-state index < -0.39 is 23.8 Å². The molecule has 2 aliphatic heterocycles. The molecule has 37 heavy (non-hydrogen) atoms. The Morgan fingerprint density at radius 3 is 2.62 bits per heavy atom. The number of hydrogen-bond donors (Lipinski definition) is 2. The van der Waals surface area contributed by atoms with Crippen LogP contribution in [0.3, 0.4) is 0 Å². The second-order valence-electron chi connectivity index (χ2n) is 10.3. The molecule has 9 nitrogen and oxygen atoms in total. The standard InChI is InChI=1S/C27H41ClN2O7/c1-17(6-8-22-14-27(34,16-28)15-23(37-22)13-26(32)33)7-9-25-18(2)12-24(20(4)36-25)30-29-11-10-19(3)35-21(5)31/h6-8,10-11,18-20,22-25,34H,9,12-16H2,1-5H3,(H,32,33)/b8-6+,11-10-,17-7+,30-29?/t18-,19-,20+,22?,23?,24+,25-,27?/m0/s1. The Bertz CT molecular complexity index is 890. The zero-order chi connectivity index (χ0) is 27.6. The van der Waals surface area contributed by atoms with Crippen molar-refractivity contribution in [1.82, 2.24) is 0 Å². The van der Waals surface area contributed by atoms with E-state index in [0.717, 1.165) is 18.4 Å². The lowest BCUT2D eigenvalue weighted by Gasteiger charge is -2.39. The number of aliphatic hydroxyl groups is 1. The molecule has 208 valence electrons. The van der Waals surface area contributed by atoms with Crippen LogP contribution >= 0.6 is 11.6 Å². The summed E-state index contributed by atoms with van der Waals surface area (Å²) in [4.78, 5) is 22.1. The molecule has 8 atom stereocenters. The van der Waals surface area contributed by atoms with E-state index in [4.69, 9.17) is 30.9 Å². The van der Waals surface area contributed by atoms with Gasteiger partial charge in [0.2, 0.25) is 0 Å². The molecule has 2 fully saturated rings. The Hall–Kier alpha value is -2.07. The van der Waals surface area contributed by atoms with Gasteiger partial charge in [0.15, 0.2) is 0 Å². The average Bonchev–Trinajstić information content (AvgIpc) is 2.80. The second kappa shape index (κ2) is 14.8. The fourth-order valence-corrected chi connectivity index (χ4v) is 4.85. The number of aliphatic carboxylic acids is 1. The van der Waals surface area contributed by atoms with E-state index in [0.29, 0.717) is 6.42 Å². The number of alkyl halides is 1. The van der Waals surface area contributed by atoms with Crippen molar-refractivity contribution in [3.05, 3.63) is 36.1 Å². The van der Waals surface area contributed by atoms with Crippen LogP contribution in [-0.2, 0) is 23.8 Å². The quantitative estimate of drug-likeness (QED) is 0.164. The molecule has 3 unspecified atom stereocenters. The van der Waals surface area contributed by atoms with E-state index in [1.54, 1.807) is 19.2 Å². The van der Waals surface area contributed by atoms with Crippen molar-refractivity contribution in [2.75, 3.05) is 5.88 Å². The number of ether oxygens (including phenoxy) is 3. The molecule has 0 bridgehead atoms. The number of allylic oxidation sites excluding steroid dienone is 2. The van der Waals surface area contributed by atoms with E-state index in [-0.39, 0.29) is 55.0 Å². The highest BCUT2D eigenvalue weighted by Gasteiger charge is 2.39. The number of carboxylic acids is 1. The van der Waals surface area contributed by atoms with Crippen molar-refractivity contribution in [1.29, 1.82) is 0 Å². The first kappa shape index (κ1) is 31.1. The number of halogens is 1. The summed E-state index contributed by atoms with van der Waals surface area (Å²) in [5, 5.41) is 28.3. The smallest absolute Gasteiger partial charge is 0.305 e. The predicted octanol–water partition coefficient (Wildman–Crippen LogP) is 4.97. The molecular weight excluding hydrogens is 500 g/mol. The molecule has 2 heterocycles.